The number of carbonyl (C=O) groups is 2. The minimum atomic E-state index is -4.16. The molecule has 0 aromatic heterocycles. The van der Waals surface area contributed by atoms with Gasteiger partial charge in [-0.2, -0.15) is 0 Å². The Morgan fingerprint density at radius 2 is 1.63 bits per heavy atom. The molecular formula is C31H38BrN3O5S. The van der Waals surface area contributed by atoms with E-state index < -0.39 is 34.1 Å². The van der Waals surface area contributed by atoms with Gasteiger partial charge < -0.3 is 15.0 Å². The minimum absolute atomic E-state index is 0.0198. The normalized spacial score (nSPS) is 12.4. The summed E-state index contributed by atoms with van der Waals surface area (Å²) in [6.45, 7) is 11.0. The topological polar surface area (TPSA) is 96.0 Å². The first-order chi connectivity index (χ1) is 19.2. The Hall–Kier alpha value is -3.37. The predicted octanol–water partition coefficient (Wildman–Crippen LogP) is 5.68. The van der Waals surface area contributed by atoms with Crippen LogP contribution in [-0.4, -0.2) is 49.9 Å². The molecule has 1 N–H and O–H groups in total. The van der Waals surface area contributed by atoms with Crippen molar-refractivity contribution >= 4 is 43.5 Å². The molecule has 3 aromatic carbocycles. The van der Waals surface area contributed by atoms with Crippen LogP contribution < -0.4 is 14.4 Å². The zero-order valence-corrected chi connectivity index (χ0v) is 26.8. The summed E-state index contributed by atoms with van der Waals surface area (Å²) in [5, 5.41) is 2.93. The molecule has 0 fully saturated rings. The Balaban J connectivity index is 2.03. The maximum absolute atomic E-state index is 14.0. The van der Waals surface area contributed by atoms with E-state index >= 15 is 0 Å². The lowest BCUT2D eigenvalue weighted by Gasteiger charge is -2.33. The second kappa shape index (κ2) is 13.5. The van der Waals surface area contributed by atoms with Crippen LogP contribution in [0.4, 0.5) is 5.69 Å². The zero-order chi connectivity index (χ0) is 30.4. The zero-order valence-electron chi connectivity index (χ0n) is 24.3. The summed E-state index contributed by atoms with van der Waals surface area (Å²) in [6.07, 6.45) is 0. The summed E-state index contributed by atoms with van der Waals surface area (Å²) in [6, 6.07) is 19.6. The van der Waals surface area contributed by atoms with E-state index in [9.17, 15) is 18.0 Å². The lowest BCUT2D eigenvalue weighted by Crippen LogP contribution is -2.54. The van der Waals surface area contributed by atoms with Gasteiger partial charge in [0.15, 0.2) is 0 Å². The van der Waals surface area contributed by atoms with Gasteiger partial charge in [-0.15, -0.1) is 0 Å². The number of amides is 2. The van der Waals surface area contributed by atoms with Gasteiger partial charge in [-0.05, 0) is 95.6 Å². The van der Waals surface area contributed by atoms with Crippen LogP contribution >= 0.6 is 15.9 Å². The van der Waals surface area contributed by atoms with E-state index in [4.69, 9.17) is 4.74 Å². The van der Waals surface area contributed by atoms with Gasteiger partial charge >= 0.3 is 0 Å². The highest BCUT2D eigenvalue weighted by atomic mass is 79.9. The molecule has 0 unspecified atom stereocenters. The van der Waals surface area contributed by atoms with E-state index in [0.717, 1.165) is 19.9 Å². The van der Waals surface area contributed by atoms with Gasteiger partial charge in [0.25, 0.3) is 10.0 Å². The Morgan fingerprint density at radius 3 is 2.20 bits per heavy atom. The molecule has 3 aromatic rings. The molecule has 10 heteroatoms. The first-order valence-corrected chi connectivity index (χ1v) is 15.6. The van der Waals surface area contributed by atoms with Crippen molar-refractivity contribution in [2.75, 3.05) is 17.5 Å². The third-order valence-electron chi connectivity index (χ3n) is 6.23. The molecule has 220 valence electrons. The second-order valence-corrected chi connectivity index (χ2v) is 13.6. The Bertz CT molecular complexity index is 1450. The number of nitrogens with zero attached hydrogens (tertiary/aromatic N) is 2. The van der Waals surface area contributed by atoms with Crippen LogP contribution in [0, 0.1) is 6.92 Å². The van der Waals surface area contributed by atoms with Gasteiger partial charge in [-0.3, -0.25) is 13.9 Å². The third kappa shape index (κ3) is 8.81. The number of ether oxygens (including phenoxy) is 1. The quantitative estimate of drug-likeness (QED) is 0.290. The summed E-state index contributed by atoms with van der Waals surface area (Å²) in [4.78, 5) is 28.7. The highest BCUT2D eigenvalue weighted by Gasteiger charge is 2.33. The number of aryl methyl sites for hydroxylation is 1. The molecule has 0 radical (unpaired) electrons. The summed E-state index contributed by atoms with van der Waals surface area (Å²) < 4.78 is 35.3. The van der Waals surface area contributed by atoms with Crippen LogP contribution in [-0.2, 0) is 26.2 Å². The van der Waals surface area contributed by atoms with E-state index in [1.807, 2.05) is 58.9 Å². The van der Waals surface area contributed by atoms with Crippen molar-refractivity contribution in [3.63, 3.8) is 0 Å². The maximum atomic E-state index is 14.0. The molecule has 0 heterocycles. The number of carbonyl (C=O) groups excluding carboxylic acids is 2. The number of hydrogen-bond acceptors (Lipinski definition) is 5. The van der Waals surface area contributed by atoms with E-state index in [1.165, 1.54) is 17.0 Å². The van der Waals surface area contributed by atoms with Crippen molar-refractivity contribution in [3.05, 3.63) is 88.4 Å². The van der Waals surface area contributed by atoms with Crippen LogP contribution in [0.3, 0.4) is 0 Å². The van der Waals surface area contributed by atoms with Crippen molar-refractivity contribution in [2.45, 2.75) is 64.6 Å². The fraction of sp³-hybridized carbons (Fsp3) is 0.355. The molecule has 8 nitrogen and oxygen atoms in total. The molecule has 1 atom stereocenters. The van der Waals surface area contributed by atoms with Gasteiger partial charge in [-0.1, -0.05) is 45.8 Å². The third-order valence-corrected chi connectivity index (χ3v) is 8.51. The van der Waals surface area contributed by atoms with Gasteiger partial charge in [0.2, 0.25) is 11.8 Å². The van der Waals surface area contributed by atoms with Crippen LogP contribution in [0.5, 0.6) is 5.75 Å². The lowest BCUT2D eigenvalue weighted by atomic mass is 10.1. The fourth-order valence-corrected chi connectivity index (χ4v) is 5.99. The molecule has 0 spiro atoms. The smallest absolute Gasteiger partial charge is 0.264 e. The molecule has 3 rings (SSSR count). The number of hydrogen-bond donors (Lipinski definition) is 1. The van der Waals surface area contributed by atoms with Gasteiger partial charge in [0.1, 0.15) is 18.3 Å². The summed E-state index contributed by atoms with van der Waals surface area (Å²) in [5.74, 6) is -0.308. The van der Waals surface area contributed by atoms with E-state index in [2.05, 4.69) is 21.2 Å². The van der Waals surface area contributed by atoms with Gasteiger partial charge in [0.05, 0.1) is 17.2 Å². The number of rotatable bonds is 11. The summed E-state index contributed by atoms with van der Waals surface area (Å²) >= 11 is 3.46. The molecule has 0 bridgehead atoms. The molecule has 41 heavy (non-hydrogen) atoms. The summed E-state index contributed by atoms with van der Waals surface area (Å²) in [7, 11) is -4.16. The highest BCUT2D eigenvalue weighted by molar-refractivity contribution is 9.10. The Kier molecular flexibility index (Phi) is 10.6. The standard InChI is InChI=1S/C31H38BrN3O5S/c1-7-40-27-15-17-28(18-16-27)41(38,39)35(26-13-11-22(2)12-14-26)21-29(36)34(20-24-9-8-10-25(32)19-24)23(3)30(37)33-31(4,5)6/h8-19,23H,7,20-21H2,1-6H3,(H,33,37)/t23-/m0/s1. The van der Waals surface area contributed by atoms with Crippen LogP contribution in [0.1, 0.15) is 45.7 Å². The maximum Gasteiger partial charge on any atom is 0.264 e. The first-order valence-electron chi connectivity index (χ1n) is 13.4. The first kappa shape index (κ1) is 32.1. The second-order valence-electron chi connectivity index (χ2n) is 10.8. The van der Waals surface area contributed by atoms with Crippen molar-refractivity contribution in [2.24, 2.45) is 0 Å². The average molecular weight is 645 g/mol. The molecule has 0 saturated heterocycles. The SMILES string of the molecule is CCOc1ccc(S(=O)(=O)N(CC(=O)N(Cc2cccc(Br)c2)[C@@H](C)C(=O)NC(C)(C)C)c2ccc(C)cc2)cc1. The Morgan fingerprint density at radius 1 is 1.00 bits per heavy atom. The monoisotopic (exact) mass is 643 g/mol. The van der Waals surface area contributed by atoms with Crippen molar-refractivity contribution in [1.29, 1.82) is 0 Å². The minimum Gasteiger partial charge on any atom is -0.494 e. The van der Waals surface area contributed by atoms with Crippen molar-refractivity contribution < 1.29 is 22.7 Å². The van der Waals surface area contributed by atoms with Crippen LogP contribution in [0.25, 0.3) is 0 Å². The van der Waals surface area contributed by atoms with E-state index in [-0.39, 0.29) is 17.3 Å². The number of anilines is 1. The fourth-order valence-electron chi connectivity index (χ4n) is 4.13. The number of benzene rings is 3. The van der Waals surface area contributed by atoms with Gasteiger partial charge in [-0.25, -0.2) is 8.42 Å². The average Bonchev–Trinajstić information content (AvgIpc) is 2.90. The van der Waals surface area contributed by atoms with E-state index in [1.54, 1.807) is 43.3 Å². The number of sulfonamides is 1. The lowest BCUT2D eigenvalue weighted by molar-refractivity contribution is -0.140. The predicted molar refractivity (Wildman–Crippen MR) is 165 cm³/mol. The largest absolute Gasteiger partial charge is 0.494 e. The van der Waals surface area contributed by atoms with Crippen molar-refractivity contribution in [3.8, 4) is 5.75 Å². The molecular weight excluding hydrogens is 606 g/mol. The number of nitrogens with one attached hydrogen (secondary N) is 1. The molecule has 0 aliphatic carbocycles. The molecule has 2 amide bonds. The molecule has 0 aliphatic heterocycles. The van der Waals surface area contributed by atoms with Crippen LogP contribution in [0.15, 0.2) is 82.2 Å². The van der Waals surface area contributed by atoms with Gasteiger partial charge in [0, 0.05) is 16.6 Å². The van der Waals surface area contributed by atoms with Crippen molar-refractivity contribution in [1.82, 2.24) is 10.2 Å². The Labute approximate surface area is 251 Å². The molecule has 0 aliphatic rings. The summed E-state index contributed by atoms with van der Waals surface area (Å²) in [5.41, 5.74) is 1.56. The molecule has 0 saturated carbocycles. The number of halogens is 1. The highest BCUT2D eigenvalue weighted by Crippen LogP contribution is 2.26. The van der Waals surface area contributed by atoms with E-state index in [0.29, 0.717) is 18.0 Å². The van der Waals surface area contributed by atoms with Crippen LogP contribution in [0.2, 0.25) is 0 Å².